The average Bonchev–Trinajstić information content (AvgIpc) is 2.02. The summed E-state index contributed by atoms with van der Waals surface area (Å²) in [7, 11) is 1.51. The summed E-state index contributed by atoms with van der Waals surface area (Å²) in [4.78, 5) is 0. The molecular weight excluding hydrogens is 216 g/mol. The first-order valence-electron chi connectivity index (χ1n) is 5.30. The Morgan fingerprint density at radius 1 is 0.929 bits per heavy atom. The van der Waals surface area contributed by atoms with E-state index in [4.69, 9.17) is 6.64 Å². The van der Waals surface area contributed by atoms with Gasteiger partial charge in [0.25, 0.3) is 0 Å². The van der Waals surface area contributed by atoms with E-state index in [1.165, 1.54) is 7.11 Å². The van der Waals surface area contributed by atoms with Crippen LogP contribution in [0.2, 0.25) is 8.45 Å². The molecule has 0 N–H and O–H groups in total. The van der Waals surface area contributed by atoms with Crippen LogP contribution in [-0.2, 0) is 26.0 Å². The van der Waals surface area contributed by atoms with Crippen LogP contribution in [0.3, 0.4) is 0 Å². The van der Waals surface area contributed by atoms with E-state index >= 15 is 0 Å². The molecule has 0 bridgehead atoms. The second-order valence-corrected chi connectivity index (χ2v) is 12.9. The van der Waals surface area contributed by atoms with E-state index in [9.17, 15) is 3.32 Å². The van der Waals surface area contributed by atoms with E-state index in [2.05, 4.69) is 0 Å². The Labute approximate surface area is 89.3 Å². The predicted molar refractivity (Wildman–Crippen MR) is 54.1 cm³/mol. The van der Waals surface area contributed by atoms with Gasteiger partial charge in [-0.15, -0.1) is 0 Å². The first-order valence-corrected chi connectivity index (χ1v) is 9.01. The fourth-order valence-electron chi connectivity index (χ4n) is 1.92. The molecule has 0 aromatic carbocycles. The quantitative estimate of drug-likeness (QED) is 0.689. The van der Waals surface area contributed by atoms with Gasteiger partial charge in [-0.25, -0.2) is 0 Å². The molecule has 86 valence electrons. The van der Waals surface area contributed by atoms with Gasteiger partial charge in [-0.3, -0.25) is 0 Å². The van der Waals surface area contributed by atoms with Gasteiger partial charge in [-0.05, 0) is 0 Å². The molecule has 0 rings (SSSR count). The molecule has 0 radical (unpaired) electrons. The molecule has 0 aliphatic carbocycles. The molecule has 0 aliphatic rings. The summed E-state index contributed by atoms with van der Waals surface area (Å²) in [6.07, 6.45) is -0.0609. The third-order valence-electron chi connectivity index (χ3n) is 2.95. The van der Waals surface area contributed by atoms with Gasteiger partial charge in [0.2, 0.25) is 0 Å². The molecule has 0 unspecified atom stereocenters. The van der Waals surface area contributed by atoms with E-state index in [1.807, 2.05) is 41.5 Å². The Bertz CT molecular complexity index is 232. The molecule has 0 atom stereocenters. The van der Waals surface area contributed by atoms with Gasteiger partial charge in [0.15, 0.2) is 0 Å². The molecule has 0 aromatic heterocycles. The normalized spacial score (nSPS) is 14.5. The van der Waals surface area contributed by atoms with E-state index in [-0.39, 0.29) is 14.5 Å². The zero-order valence-corrected chi connectivity index (χ0v) is 12.0. The van der Waals surface area contributed by atoms with Gasteiger partial charge in [-0.1, -0.05) is 0 Å². The van der Waals surface area contributed by atoms with Crippen molar-refractivity contribution in [1.29, 1.82) is 0 Å². The van der Waals surface area contributed by atoms with E-state index in [1.54, 1.807) is 0 Å². The van der Waals surface area contributed by atoms with Crippen molar-refractivity contribution in [2.45, 2.75) is 56.1 Å². The Hall–Kier alpha value is 0.434. The van der Waals surface area contributed by atoms with Gasteiger partial charge in [0.1, 0.15) is 0 Å². The van der Waals surface area contributed by atoms with Crippen molar-refractivity contribution >= 4 is 0 Å². The maximum absolute atomic E-state index is 13.0. The van der Waals surface area contributed by atoms with Crippen molar-refractivity contribution in [3.63, 3.8) is 0 Å². The summed E-state index contributed by atoms with van der Waals surface area (Å²) in [6, 6.07) is 0. The van der Waals surface area contributed by atoms with Crippen molar-refractivity contribution in [3.8, 4) is 0 Å². The molecule has 0 spiro atoms. The molecular formula is C10H24O3Ti. The Balaban J connectivity index is 5.31. The summed E-state index contributed by atoms with van der Waals surface area (Å²) in [5.41, 5.74) is 0. The Kier molecular flexibility index (Phi) is 4.66. The standard InChI is InChI=1S/C3H7O.2C3H7.CH3O.O.Ti/c1-3(2)4;2*1-3-2;1-2;;/h3H,1-2H3;2*3H,1-2H3;1H3;;/q-1;;;-1;;+2. The van der Waals surface area contributed by atoms with Gasteiger partial charge in [-0.2, -0.15) is 0 Å². The topological polar surface area (TPSA) is 35.5 Å². The fraction of sp³-hybridized carbons (Fsp3) is 1.00. The molecule has 0 heterocycles. The summed E-state index contributed by atoms with van der Waals surface area (Å²) in [5, 5.41) is 0. The summed E-state index contributed by atoms with van der Waals surface area (Å²) in [5.74, 6) is 0. The third kappa shape index (κ3) is 2.33. The molecule has 0 saturated heterocycles. The molecule has 14 heavy (non-hydrogen) atoms. The third-order valence-corrected chi connectivity index (χ3v) is 12.2. The van der Waals surface area contributed by atoms with Crippen LogP contribution in [0.1, 0.15) is 41.5 Å². The van der Waals surface area contributed by atoms with Crippen molar-refractivity contribution in [2.24, 2.45) is 0 Å². The van der Waals surface area contributed by atoms with Crippen LogP contribution < -0.4 is 0 Å². The first-order chi connectivity index (χ1) is 6.18. The van der Waals surface area contributed by atoms with Gasteiger partial charge in [0.05, 0.1) is 0 Å². The SMILES string of the molecule is C[O][Ti](=[O])([O]C(C)C)([CH](C)C)[CH](C)C. The maximum atomic E-state index is 13.0. The van der Waals surface area contributed by atoms with Crippen molar-refractivity contribution in [1.82, 2.24) is 0 Å². The molecule has 0 aromatic rings. The second-order valence-electron chi connectivity index (χ2n) is 4.80. The van der Waals surface area contributed by atoms with Crippen LogP contribution in [0.25, 0.3) is 0 Å². The monoisotopic (exact) mass is 240 g/mol. The molecule has 0 aliphatic heterocycles. The van der Waals surface area contributed by atoms with Crippen LogP contribution in [0.4, 0.5) is 0 Å². The molecule has 0 saturated carbocycles. The van der Waals surface area contributed by atoms with Gasteiger partial charge < -0.3 is 0 Å². The minimum absolute atomic E-state index is 0.0561. The zero-order valence-electron chi connectivity index (χ0n) is 10.5. The summed E-state index contributed by atoms with van der Waals surface area (Å²) in [6.45, 7) is 11.4. The molecule has 4 heteroatoms. The second kappa shape index (κ2) is 4.52. The number of rotatable bonds is 5. The fourth-order valence-corrected chi connectivity index (χ4v) is 7.93. The van der Waals surface area contributed by atoms with E-state index < -0.39 is 16.1 Å². The predicted octanol–water partition coefficient (Wildman–Crippen LogP) is 3.58. The van der Waals surface area contributed by atoms with Gasteiger partial charge >= 0.3 is 89.2 Å². The van der Waals surface area contributed by atoms with E-state index in [0.29, 0.717) is 0 Å². The van der Waals surface area contributed by atoms with Crippen LogP contribution in [-0.4, -0.2) is 13.2 Å². The molecule has 0 amide bonds. The molecule has 0 fully saturated rings. The molecule has 3 nitrogen and oxygen atoms in total. The van der Waals surface area contributed by atoms with Crippen molar-refractivity contribution in [3.05, 3.63) is 0 Å². The Morgan fingerprint density at radius 3 is 1.36 bits per heavy atom. The first kappa shape index (κ1) is 14.4. The van der Waals surface area contributed by atoms with Crippen LogP contribution >= 0.6 is 0 Å². The zero-order chi connectivity index (χ0) is 11.6. The van der Waals surface area contributed by atoms with Crippen LogP contribution in [0, 0.1) is 0 Å². The van der Waals surface area contributed by atoms with Crippen LogP contribution in [0.15, 0.2) is 0 Å². The Morgan fingerprint density at radius 2 is 1.29 bits per heavy atom. The van der Waals surface area contributed by atoms with E-state index in [0.717, 1.165) is 0 Å². The average molecular weight is 240 g/mol. The summed E-state index contributed by atoms with van der Waals surface area (Å²) < 4.78 is 24.0. The minimum atomic E-state index is -4.46. The number of hydrogen-bond donors (Lipinski definition) is 0. The van der Waals surface area contributed by atoms with Crippen molar-refractivity contribution in [2.75, 3.05) is 7.11 Å². The van der Waals surface area contributed by atoms with Crippen LogP contribution in [0.5, 0.6) is 0 Å². The van der Waals surface area contributed by atoms with Crippen molar-refractivity contribution < 1.29 is 26.0 Å². The summed E-state index contributed by atoms with van der Waals surface area (Å²) >= 11 is -4.46. The number of hydrogen-bond acceptors (Lipinski definition) is 3. The van der Waals surface area contributed by atoms with Gasteiger partial charge in [0, 0.05) is 0 Å².